The molecule has 2 saturated carbocycles. The molecule has 4 atom stereocenters. The van der Waals surface area contributed by atoms with Crippen LogP contribution < -0.4 is 10.0 Å². The summed E-state index contributed by atoms with van der Waals surface area (Å²) in [5.41, 5.74) is -0.490. The Kier molecular flexibility index (Phi) is 7.88. The van der Waals surface area contributed by atoms with Crippen molar-refractivity contribution in [1.82, 2.24) is 19.8 Å². The van der Waals surface area contributed by atoms with Crippen molar-refractivity contribution < 1.29 is 37.1 Å². The molecule has 14 heteroatoms. The number of halogens is 1. The number of rotatable bonds is 7. The third kappa shape index (κ3) is 6.17. The molecule has 0 spiro atoms. The van der Waals surface area contributed by atoms with Crippen LogP contribution in [0.25, 0.3) is 0 Å². The fourth-order valence-electron chi connectivity index (χ4n) is 5.68. The highest BCUT2D eigenvalue weighted by atomic mass is 35.5. The van der Waals surface area contributed by atoms with Gasteiger partial charge in [-0.15, -0.1) is 0 Å². The van der Waals surface area contributed by atoms with Gasteiger partial charge in [-0.2, -0.15) is 0 Å². The number of carbonyl (C=O) groups is 4. The molecule has 0 bridgehead atoms. The predicted molar refractivity (Wildman–Crippen MR) is 152 cm³/mol. The van der Waals surface area contributed by atoms with E-state index in [1.807, 2.05) is 19.1 Å². The Hall–Kier alpha value is -3.06. The second-order valence-corrected chi connectivity index (χ2v) is 14.9. The number of sulfonamides is 1. The fraction of sp³-hybridized carbons (Fsp3) is 0.643. The molecule has 230 valence electrons. The third-order valence-corrected chi connectivity index (χ3v) is 10.4. The SMILES string of the molecule is CC[C@@H]1CC1(NC(=O)[C@@H]1C[C@@H](OC(=O)N2Cc3cccc(Cl)c3C2)CN1C(=O)OC(C)(C)C)C(=O)NS(=O)(=O)C1CC1. The number of fused-ring (bicyclic) bond motifs is 1. The highest BCUT2D eigenvalue weighted by molar-refractivity contribution is 7.91. The molecule has 1 unspecified atom stereocenters. The smallest absolute Gasteiger partial charge is 0.411 e. The number of carbonyl (C=O) groups excluding carboxylic acids is 4. The van der Waals surface area contributed by atoms with Crippen LogP contribution in [0.4, 0.5) is 9.59 Å². The standard InChI is InChI=1S/C28H37ClN4O8S/c1-5-17-12-28(17,24(35)31-42(38,39)19-9-10-19)30-23(34)22-11-18(14-33(22)26(37)41-27(2,3)4)40-25(36)32-13-16-7-6-8-21(29)20(16)15-32/h6-8,17-19,22H,5,9-15H2,1-4H3,(H,30,34)(H,31,35)/t17-,18-,22+,28?/m1/s1. The van der Waals surface area contributed by atoms with Crippen molar-refractivity contribution in [2.24, 2.45) is 5.92 Å². The van der Waals surface area contributed by atoms with Gasteiger partial charge in [0.15, 0.2) is 0 Å². The summed E-state index contributed by atoms with van der Waals surface area (Å²) in [6.45, 7) is 7.44. The Morgan fingerprint density at radius 3 is 2.43 bits per heavy atom. The number of likely N-dealkylation sites (tertiary alicyclic amines) is 1. The highest BCUT2D eigenvalue weighted by Gasteiger charge is 2.62. The summed E-state index contributed by atoms with van der Waals surface area (Å²) in [5, 5.41) is 2.72. The van der Waals surface area contributed by atoms with Crippen LogP contribution in [0.1, 0.15) is 70.9 Å². The van der Waals surface area contributed by atoms with Gasteiger partial charge in [-0.1, -0.05) is 37.1 Å². The van der Waals surface area contributed by atoms with E-state index in [1.54, 1.807) is 26.8 Å². The molecule has 42 heavy (non-hydrogen) atoms. The average Bonchev–Trinajstić information content (AvgIpc) is 3.78. The fourth-order valence-corrected chi connectivity index (χ4v) is 7.29. The molecule has 1 aromatic rings. The van der Waals surface area contributed by atoms with E-state index >= 15 is 0 Å². The van der Waals surface area contributed by atoms with E-state index in [4.69, 9.17) is 21.1 Å². The number of benzene rings is 1. The van der Waals surface area contributed by atoms with E-state index in [-0.39, 0.29) is 31.8 Å². The molecule has 2 aliphatic heterocycles. The van der Waals surface area contributed by atoms with Gasteiger partial charge in [-0.3, -0.25) is 24.1 Å². The van der Waals surface area contributed by atoms with Gasteiger partial charge in [0.1, 0.15) is 23.3 Å². The van der Waals surface area contributed by atoms with Crippen LogP contribution in [-0.4, -0.2) is 77.3 Å². The summed E-state index contributed by atoms with van der Waals surface area (Å²) >= 11 is 6.28. The van der Waals surface area contributed by atoms with Gasteiger partial charge >= 0.3 is 12.2 Å². The third-order valence-electron chi connectivity index (χ3n) is 8.19. The molecule has 1 saturated heterocycles. The van der Waals surface area contributed by atoms with E-state index in [9.17, 15) is 27.6 Å². The lowest BCUT2D eigenvalue weighted by Crippen LogP contribution is -2.57. The summed E-state index contributed by atoms with van der Waals surface area (Å²) in [7, 11) is -3.82. The maximum Gasteiger partial charge on any atom is 0.411 e. The first kappa shape index (κ1) is 30.4. The lowest BCUT2D eigenvalue weighted by atomic mass is 10.1. The van der Waals surface area contributed by atoms with Crippen molar-refractivity contribution in [3.8, 4) is 0 Å². The molecule has 2 aliphatic carbocycles. The molecule has 3 fully saturated rings. The summed E-state index contributed by atoms with van der Waals surface area (Å²) in [6.07, 6.45) is -0.414. The maximum atomic E-state index is 13.7. The van der Waals surface area contributed by atoms with E-state index in [0.717, 1.165) is 11.1 Å². The molecular weight excluding hydrogens is 588 g/mol. The Morgan fingerprint density at radius 2 is 1.83 bits per heavy atom. The van der Waals surface area contributed by atoms with Gasteiger partial charge in [0.25, 0.3) is 5.91 Å². The number of hydrogen-bond acceptors (Lipinski definition) is 8. The molecule has 0 aromatic heterocycles. The minimum absolute atomic E-state index is 0.0206. The van der Waals surface area contributed by atoms with Crippen LogP contribution in [0, 0.1) is 5.92 Å². The minimum Gasteiger partial charge on any atom is -0.444 e. The Balaban J connectivity index is 1.29. The number of nitrogens with one attached hydrogen (secondary N) is 2. The van der Waals surface area contributed by atoms with Crippen molar-refractivity contribution in [3.63, 3.8) is 0 Å². The zero-order valence-corrected chi connectivity index (χ0v) is 25.7. The van der Waals surface area contributed by atoms with E-state index in [0.29, 0.717) is 30.8 Å². The monoisotopic (exact) mass is 624 g/mol. The Morgan fingerprint density at radius 1 is 1.12 bits per heavy atom. The molecule has 4 aliphatic rings. The van der Waals surface area contributed by atoms with Crippen LogP contribution in [0.15, 0.2) is 18.2 Å². The molecule has 2 heterocycles. The summed E-state index contributed by atoms with van der Waals surface area (Å²) in [6, 6.07) is 4.35. The van der Waals surface area contributed by atoms with E-state index in [2.05, 4.69) is 10.0 Å². The molecule has 1 aromatic carbocycles. The maximum absolute atomic E-state index is 13.7. The number of hydrogen-bond donors (Lipinski definition) is 2. The van der Waals surface area contributed by atoms with Gasteiger partial charge in [0, 0.05) is 18.0 Å². The van der Waals surface area contributed by atoms with Gasteiger partial charge in [0.05, 0.1) is 18.3 Å². The van der Waals surface area contributed by atoms with Crippen molar-refractivity contribution in [3.05, 3.63) is 34.3 Å². The minimum atomic E-state index is -3.82. The van der Waals surface area contributed by atoms with Crippen LogP contribution in [0.5, 0.6) is 0 Å². The molecule has 5 rings (SSSR count). The molecule has 12 nitrogen and oxygen atoms in total. The summed E-state index contributed by atoms with van der Waals surface area (Å²) < 4.78 is 38.3. The van der Waals surface area contributed by atoms with E-state index in [1.165, 1.54) is 9.80 Å². The number of nitrogens with zero attached hydrogens (tertiary/aromatic N) is 2. The van der Waals surface area contributed by atoms with E-state index < -0.39 is 62.6 Å². The van der Waals surface area contributed by atoms with Crippen molar-refractivity contribution in [1.29, 1.82) is 0 Å². The first-order valence-electron chi connectivity index (χ1n) is 14.2. The molecule has 2 N–H and O–H groups in total. The molecular formula is C28H37ClN4O8S. The average molecular weight is 625 g/mol. The zero-order valence-electron chi connectivity index (χ0n) is 24.1. The Bertz CT molecular complexity index is 1410. The zero-order chi connectivity index (χ0) is 30.6. The number of ether oxygens (including phenoxy) is 2. The lowest BCUT2D eigenvalue weighted by Gasteiger charge is -2.29. The largest absolute Gasteiger partial charge is 0.444 e. The summed E-state index contributed by atoms with van der Waals surface area (Å²) in [5.74, 6) is -1.68. The van der Waals surface area contributed by atoms with Crippen LogP contribution in [0.2, 0.25) is 5.02 Å². The topological polar surface area (TPSA) is 151 Å². The second kappa shape index (κ2) is 10.9. The molecule has 0 radical (unpaired) electrons. The van der Waals surface area contributed by atoms with Crippen LogP contribution >= 0.6 is 11.6 Å². The highest BCUT2D eigenvalue weighted by Crippen LogP contribution is 2.47. The quantitative estimate of drug-likeness (QED) is 0.470. The van der Waals surface area contributed by atoms with Gasteiger partial charge in [-0.25, -0.2) is 18.0 Å². The number of amides is 4. The van der Waals surface area contributed by atoms with Crippen LogP contribution in [-0.2, 0) is 42.2 Å². The normalized spacial score (nSPS) is 26.8. The predicted octanol–water partition coefficient (Wildman–Crippen LogP) is 3.06. The summed E-state index contributed by atoms with van der Waals surface area (Å²) in [4.78, 5) is 55.8. The van der Waals surface area contributed by atoms with Crippen molar-refractivity contribution in [2.75, 3.05) is 6.54 Å². The van der Waals surface area contributed by atoms with Gasteiger partial charge in [-0.05, 0) is 63.1 Å². The van der Waals surface area contributed by atoms with Crippen molar-refractivity contribution >= 4 is 45.6 Å². The van der Waals surface area contributed by atoms with Gasteiger partial charge < -0.3 is 14.8 Å². The lowest BCUT2D eigenvalue weighted by molar-refractivity contribution is -0.132. The van der Waals surface area contributed by atoms with Crippen molar-refractivity contribution in [2.45, 2.75) is 101 Å². The first-order chi connectivity index (χ1) is 19.6. The van der Waals surface area contributed by atoms with Crippen LogP contribution in [0.3, 0.4) is 0 Å². The Labute approximate surface area is 250 Å². The molecule has 4 amide bonds. The first-order valence-corrected chi connectivity index (χ1v) is 16.2. The second-order valence-electron chi connectivity index (χ2n) is 12.6. The van der Waals surface area contributed by atoms with Gasteiger partial charge in [0.2, 0.25) is 15.9 Å².